The van der Waals surface area contributed by atoms with Gasteiger partial charge in [-0.2, -0.15) is 5.26 Å². The van der Waals surface area contributed by atoms with Crippen molar-refractivity contribution in [2.75, 3.05) is 0 Å². The summed E-state index contributed by atoms with van der Waals surface area (Å²) in [7, 11) is 0. The molecule has 0 spiro atoms. The van der Waals surface area contributed by atoms with Crippen LogP contribution in [-0.4, -0.2) is 0 Å². The first-order valence-electron chi connectivity index (χ1n) is 3.73. The Labute approximate surface area is 90.4 Å². The minimum Gasteiger partial charge on any atom is -0.323 e. The molecule has 0 unspecified atom stereocenters. The van der Waals surface area contributed by atoms with Gasteiger partial charge in [0.1, 0.15) is 0 Å². The van der Waals surface area contributed by atoms with Gasteiger partial charge in [0.2, 0.25) is 0 Å². The molecule has 0 aliphatic rings. The number of halogens is 2. The molecule has 1 atom stereocenters. The van der Waals surface area contributed by atoms with Gasteiger partial charge in [-0.15, -0.1) is 0 Å². The lowest BCUT2D eigenvalue weighted by molar-refractivity contribution is 0.745. The molecule has 0 saturated heterocycles. The van der Waals surface area contributed by atoms with Crippen LogP contribution in [0.4, 0.5) is 0 Å². The van der Waals surface area contributed by atoms with Crippen LogP contribution in [-0.2, 0) is 0 Å². The van der Waals surface area contributed by atoms with Crippen molar-refractivity contribution in [2.45, 2.75) is 12.5 Å². The van der Waals surface area contributed by atoms with E-state index in [2.05, 4.69) is 15.9 Å². The molecule has 0 aromatic heterocycles. The largest absolute Gasteiger partial charge is 0.323 e. The summed E-state index contributed by atoms with van der Waals surface area (Å²) >= 11 is 9.28. The highest BCUT2D eigenvalue weighted by atomic mass is 79.9. The molecule has 0 fully saturated rings. The third kappa shape index (κ3) is 2.44. The minimum absolute atomic E-state index is 0.266. The molecule has 1 rings (SSSR count). The van der Waals surface area contributed by atoms with Crippen molar-refractivity contribution >= 4 is 27.5 Å². The van der Waals surface area contributed by atoms with E-state index in [0.717, 1.165) is 10.0 Å². The summed E-state index contributed by atoms with van der Waals surface area (Å²) in [5, 5.41) is 9.09. The molecule has 1 aromatic rings. The van der Waals surface area contributed by atoms with Crippen molar-refractivity contribution in [2.24, 2.45) is 5.73 Å². The second-order valence-electron chi connectivity index (χ2n) is 2.60. The van der Waals surface area contributed by atoms with Crippen LogP contribution in [0, 0.1) is 11.3 Å². The molecule has 68 valence electrons. The van der Waals surface area contributed by atoms with Crippen LogP contribution in [0.15, 0.2) is 22.7 Å². The lowest BCUT2D eigenvalue weighted by Gasteiger charge is -2.11. The molecule has 13 heavy (non-hydrogen) atoms. The van der Waals surface area contributed by atoms with E-state index in [1.54, 1.807) is 6.07 Å². The molecule has 0 heterocycles. The van der Waals surface area contributed by atoms with E-state index < -0.39 is 0 Å². The Hall–Kier alpha value is -0.560. The third-order valence-electron chi connectivity index (χ3n) is 1.68. The highest BCUT2D eigenvalue weighted by Gasteiger charge is 2.12. The number of benzene rings is 1. The number of nitrogens with two attached hydrogens (primary N) is 1. The Morgan fingerprint density at radius 3 is 2.85 bits per heavy atom. The highest BCUT2D eigenvalue weighted by Crippen LogP contribution is 2.30. The Kier molecular flexibility index (Phi) is 3.73. The van der Waals surface area contributed by atoms with Crippen LogP contribution in [0.5, 0.6) is 0 Å². The van der Waals surface area contributed by atoms with Gasteiger partial charge >= 0.3 is 0 Å². The Morgan fingerprint density at radius 1 is 1.62 bits per heavy atom. The molecule has 4 heteroatoms. The standard InChI is InChI=1S/C9H8BrClN2/c10-6-2-1-3-7(11)9(6)8(13)4-5-12/h1-3,8H,4,13H2/t8-/m1/s1. The van der Waals surface area contributed by atoms with Crippen LogP contribution < -0.4 is 5.73 Å². The van der Waals surface area contributed by atoms with Gasteiger partial charge < -0.3 is 5.73 Å². The monoisotopic (exact) mass is 258 g/mol. The maximum Gasteiger partial charge on any atom is 0.0641 e. The minimum atomic E-state index is -0.326. The van der Waals surface area contributed by atoms with E-state index in [-0.39, 0.29) is 12.5 Å². The van der Waals surface area contributed by atoms with Gasteiger partial charge in [0, 0.05) is 21.1 Å². The molecule has 2 N–H and O–H groups in total. The third-order valence-corrected chi connectivity index (χ3v) is 2.70. The van der Waals surface area contributed by atoms with E-state index in [9.17, 15) is 0 Å². The predicted octanol–water partition coefficient (Wildman–Crippen LogP) is 3.02. The Balaban J connectivity index is 3.06. The van der Waals surface area contributed by atoms with Crippen molar-refractivity contribution in [3.63, 3.8) is 0 Å². The summed E-state index contributed by atoms with van der Waals surface area (Å²) in [6.45, 7) is 0. The fraction of sp³-hybridized carbons (Fsp3) is 0.222. The van der Waals surface area contributed by atoms with Crippen LogP contribution in [0.25, 0.3) is 0 Å². The predicted molar refractivity (Wildman–Crippen MR) is 56.3 cm³/mol. The van der Waals surface area contributed by atoms with Crippen molar-refractivity contribution in [1.82, 2.24) is 0 Å². The lowest BCUT2D eigenvalue weighted by Crippen LogP contribution is -2.10. The smallest absolute Gasteiger partial charge is 0.0641 e. The summed E-state index contributed by atoms with van der Waals surface area (Å²) < 4.78 is 0.850. The normalized spacial score (nSPS) is 12.2. The van der Waals surface area contributed by atoms with Gasteiger partial charge in [0.15, 0.2) is 0 Å². The van der Waals surface area contributed by atoms with Gasteiger partial charge in [-0.3, -0.25) is 0 Å². The zero-order valence-corrected chi connectivity index (χ0v) is 9.14. The molecule has 0 radical (unpaired) electrons. The summed E-state index contributed by atoms with van der Waals surface area (Å²) in [6.07, 6.45) is 0.266. The molecular formula is C9H8BrClN2. The Morgan fingerprint density at radius 2 is 2.31 bits per heavy atom. The first kappa shape index (κ1) is 10.5. The van der Waals surface area contributed by atoms with Crippen molar-refractivity contribution < 1.29 is 0 Å². The van der Waals surface area contributed by atoms with E-state index in [0.29, 0.717) is 5.02 Å². The first-order valence-corrected chi connectivity index (χ1v) is 4.90. The summed E-state index contributed by atoms with van der Waals surface area (Å²) in [5.74, 6) is 0. The van der Waals surface area contributed by atoms with E-state index >= 15 is 0 Å². The van der Waals surface area contributed by atoms with Gasteiger partial charge in [0.05, 0.1) is 12.5 Å². The molecule has 0 saturated carbocycles. The van der Waals surface area contributed by atoms with Crippen LogP contribution >= 0.6 is 27.5 Å². The number of hydrogen-bond donors (Lipinski definition) is 1. The first-order chi connectivity index (χ1) is 6.16. The van der Waals surface area contributed by atoms with Crippen LogP contribution in [0.2, 0.25) is 5.02 Å². The quantitative estimate of drug-likeness (QED) is 0.887. The van der Waals surface area contributed by atoms with Gasteiger partial charge in [-0.25, -0.2) is 0 Å². The lowest BCUT2D eigenvalue weighted by atomic mass is 10.1. The van der Waals surface area contributed by atoms with Gasteiger partial charge in [-0.05, 0) is 12.1 Å². The average Bonchev–Trinajstić information content (AvgIpc) is 2.04. The van der Waals surface area contributed by atoms with Crippen molar-refractivity contribution in [1.29, 1.82) is 5.26 Å². The maximum atomic E-state index is 8.49. The summed E-state index contributed by atoms with van der Waals surface area (Å²) in [6, 6.07) is 7.14. The van der Waals surface area contributed by atoms with Crippen molar-refractivity contribution in [3.05, 3.63) is 33.3 Å². The molecule has 0 bridgehead atoms. The molecule has 0 amide bonds. The van der Waals surface area contributed by atoms with Gasteiger partial charge in [0.25, 0.3) is 0 Å². The van der Waals surface area contributed by atoms with E-state index in [1.807, 2.05) is 18.2 Å². The number of nitrogens with zero attached hydrogens (tertiary/aromatic N) is 1. The molecule has 1 aromatic carbocycles. The second-order valence-corrected chi connectivity index (χ2v) is 3.87. The van der Waals surface area contributed by atoms with Crippen molar-refractivity contribution in [3.8, 4) is 6.07 Å². The van der Waals surface area contributed by atoms with E-state index in [1.165, 1.54) is 0 Å². The molecule has 2 nitrogen and oxygen atoms in total. The number of rotatable bonds is 2. The average molecular weight is 260 g/mol. The fourth-order valence-electron chi connectivity index (χ4n) is 1.07. The van der Waals surface area contributed by atoms with E-state index in [4.69, 9.17) is 22.6 Å². The molecule has 0 aliphatic heterocycles. The van der Waals surface area contributed by atoms with Crippen LogP contribution in [0.1, 0.15) is 18.0 Å². The SMILES string of the molecule is N#CC[C@@H](N)c1c(Cl)cccc1Br. The summed E-state index contributed by atoms with van der Waals surface area (Å²) in [5.41, 5.74) is 6.57. The van der Waals surface area contributed by atoms with Crippen LogP contribution in [0.3, 0.4) is 0 Å². The van der Waals surface area contributed by atoms with Gasteiger partial charge in [-0.1, -0.05) is 33.6 Å². The Bertz CT molecular complexity index is 326. The molecule has 0 aliphatic carbocycles. The molecular weight excluding hydrogens is 251 g/mol. The number of hydrogen-bond acceptors (Lipinski definition) is 2. The zero-order valence-electron chi connectivity index (χ0n) is 6.80. The maximum absolute atomic E-state index is 8.49. The second kappa shape index (κ2) is 4.61. The zero-order chi connectivity index (χ0) is 9.84. The fourth-order valence-corrected chi connectivity index (χ4v) is 2.15. The topological polar surface area (TPSA) is 49.8 Å². The summed E-state index contributed by atoms with van der Waals surface area (Å²) in [4.78, 5) is 0. The number of nitriles is 1. The highest BCUT2D eigenvalue weighted by molar-refractivity contribution is 9.10.